The number of hydrogen-bond donors (Lipinski definition) is 0. The second kappa shape index (κ2) is 5.13. The molecule has 98 valence electrons. The van der Waals surface area contributed by atoms with Crippen LogP contribution in [0.2, 0.25) is 0 Å². The van der Waals surface area contributed by atoms with Crippen molar-refractivity contribution in [2.45, 2.75) is 12.1 Å². The SMILES string of the molecule is O=C(C=Cc1cccc(Br)n1)C(F)(F)C(F)(F)F. The zero-order valence-electron chi connectivity index (χ0n) is 8.51. The standard InChI is InChI=1S/C10H5BrF5NO/c11-8-3-1-2-6(17-8)4-5-7(18)9(12,13)10(14,15)16/h1-5H. The Kier molecular flexibility index (Phi) is 4.20. The number of aromatic nitrogens is 1. The summed E-state index contributed by atoms with van der Waals surface area (Å²) in [6, 6.07) is 4.37. The number of nitrogens with zero attached hydrogens (tertiary/aromatic N) is 1. The largest absolute Gasteiger partial charge is 0.461 e. The minimum atomic E-state index is -5.90. The van der Waals surface area contributed by atoms with E-state index < -0.39 is 17.9 Å². The summed E-state index contributed by atoms with van der Waals surface area (Å²) in [5.74, 6) is -7.73. The number of ketones is 1. The summed E-state index contributed by atoms with van der Waals surface area (Å²) in [6.07, 6.45) is -4.96. The molecule has 0 atom stereocenters. The first-order chi connectivity index (χ1) is 8.14. The Labute approximate surface area is 107 Å². The van der Waals surface area contributed by atoms with Crippen LogP contribution < -0.4 is 0 Å². The molecule has 0 spiro atoms. The predicted molar refractivity (Wildman–Crippen MR) is 57.0 cm³/mol. The third-order valence-electron chi connectivity index (χ3n) is 1.81. The molecule has 0 saturated carbocycles. The number of carbonyl (C=O) groups excluding carboxylic acids is 1. The summed E-state index contributed by atoms with van der Waals surface area (Å²) >= 11 is 2.98. The molecule has 0 aliphatic rings. The minimum absolute atomic E-state index is 0.0794. The second-order valence-corrected chi connectivity index (χ2v) is 3.97. The minimum Gasteiger partial charge on any atom is -0.288 e. The maximum absolute atomic E-state index is 12.6. The molecule has 0 saturated heterocycles. The zero-order chi connectivity index (χ0) is 14.0. The molecule has 0 unspecified atom stereocenters. The molecule has 0 bridgehead atoms. The topological polar surface area (TPSA) is 30.0 Å². The summed E-state index contributed by atoms with van der Waals surface area (Å²) in [5, 5.41) is 0. The molecule has 18 heavy (non-hydrogen) atoms. The van der Waals surface area contributed by atoms with Gasteiger partial charge in [0, 0.05) is 0 Å². The normalized spacial score (nSPS) is 13.0. The molecular weight excluding hydrogens is 325 g/mol. The Morgan fingerprint density at radius 1 is 1.22 bits per heavy atom. The fourth-order valence-corrected chi connectivity index (χ4v) is 1.28. The molecule has 2 nitrogen and oxygen atoms in total. The maximum atomic E-state index is 12.6. The van der Waals surface area contributed by atoms with E-state index in [2.05, 4.69) is 20.9 Å². The van der Waals surface area contributed by atoms with Gasteiger partial charge in [-0.1, -0.05) is 6.07 Å². The summed E-state index contributed by atoms with van der Waals surface area (Å²) in [4.78, 5) is 14.5. The fourth-order valence-electron chi connectivity index (χ4n) is 0.922. The van der Waals surface area contributed by atoms with Crippen molar-refractivity contribution in [1.29, 1.82) is 0 Å². The van der Waals surface area contributed by atoms with Crippen LogP contribution in [-0.4, -0.2) is 22.9 Å². The summed E-state index contributed by atoms with van der Waals surface area (Å²) in [7, 11) is 0. The van der Waals surface area contributed by atoms with Crippen LogP contribution in [0, 0.1) is 0 Å². The predicted octanol–water partition coefficient (Wildman–Crippen LogP) is 3.62. The van der Waals surface area contributed by atoms with E-state index in [4.69, 9.17) is 0 Å². The first-order valence-corrected chi connectivity index (χ1v) is 5.23. The molecule has 0 aliphatic heterocycles. The molecule has 0 aromatic carbocycles. The molecule has 0 amide bonds. The highest BCUT2D eigenvalue weighted by Gasteiger charge is 2.62. The molecule has 0 aliphatic carbocycles. The van der Waals surface area contributed by atoms with Gasteiger partial charge in [-0.25, -0.2) is 4.98 Å². The Morgan fingerprint density at radius 2 is 1.83 bits per heavy atom. The summed E-state index contributed by atoms with van der Waals surface area (Å²) in [6.45, 7) is 0. The highest BCUT2D eigenvalue weighted by atomic mass is 79.9. The van der Waals surface area contributed by atoms with Gasteiger partial charge in [0.15, 0.2) is 0 Å². The van der Waals surface area contributed by atoms with Crippen molar-refractivity contribution in [2.24, 2.45) is 0 Å². The molecule has 8 heteroatoms. The zero-order valence-corrected chi connectivity index (χ0v) is 10.1. The fraction of sp³-hybridized carbons (Fsp3) is 0.200. The van der Waals surface area contributed by atoms with Gasteiger partial charge in [-0.05, 0) is 40.2 Å². The molecule has 0 N–H and O–H groups in total. The Bertz CT molecular complexity index is 483. The second-order valence-electron chi connectivity index (χ2n) is 3.15. The van der Waals surface area contributed by atoms with E-state index in [0.717, 1.165) is 6.08 Å². The Morgan fingerprint density at radius 3 is 2.33 bits per heavy atom. The van der Waals surface area contributed by atoms with Crippen LogP contribution >= 0.6 is 15.9 Å². The van der Waals surface area contributed by atoms with Crippen LogP contribution in [0.5, 0.6) is 0 Å². The lowest BCUT2D eigenvalue weighted by Gasteiger charge is -2.15. The van der Waals surface area contributed by atoms with E-state index in [0.29, 0.717) is 4.60 Å². The van der Waals surface area contributed by atoms with Gasteiger partial charge < -0.3 is 0 Å². The number of rotatable bonds is 3. The smallest absolute Gasteiger partial charge is 0.288 e. The summed E-state index contributed by atoms with van der Waals surface area (Å²) in [5.41, 5.74) is 0.0794. The van der Waals surface area contributed by atoms with Gasteiger partial charge in [0.1, 0.15) is 4.60 Å². The van der Waals surface area contributed by atoms with Crippen molar-refractivity contribution in [2.75, 3.05) is 0 Å². The average molecular weight is 330 g/mol. The van der Waals surface area contributed by atoms with E-state index >= 15 is 0 Å². The van der Waals surface area contributed by atoms with Crippen LogP contribution in [0.4, 0.5) is 22.0 Å². The molecule has 1 rings (SSSR count). The molecule has 1 heterocycles. The monoisotopic (exact) mass is 329 g/mol. The van der Waals surface area contributed by atoms with Crippen LogP contribution in [0.15, 0.2) is 28.9 Å². The number of hydrogen-bond acceptors (Lipinski definition) is 2. The van der Waals surface area contributed by atoms with Crippen molar-refractivity contribution < 1.29 is 26.7 Å². The molecule has 0 fully saturated rings. The first kappa shape index (κ1) is 14.7. The van der Waals surface area contributed by atoms with Gasteiger partial charge in [0.05, 0.1) is 5.69 Å². The quantitative estimate of drug-likeness (QED) is 0.481. The van der Waals surface area contributed by atoms with Gasteiger partial charge in [-0.15, -0.1) is 0 Å². The van der Waals surface area contributed by atoms with Gasteiger partial charge in [-0.2, -0.15) is 22.0 Å². The van der Waals surface area contributed by atoms with Crippen molar-refractivity contribution in [3.05, 3.63) is 34.6 Å². The molecule has 0 radical (unpaired) electrons. The lowest BCUT2D eigenvalue weighted by molar-refractivity contribution is -0.266. The number of allylic oxidation sites excluding steroid dienone is 1. The lowest BCUT2D eigenvalue weighted by Crippen LogP contribution is -2.43. The number of pyridine rings is 1. The highest BCUT2D eigenvalue weighted by molar-refractivity contribution is 9.10. The number of carbonyl (C=O) groups is 1. The Hall–Kier alpha value is -1.31. The van der Waals surface area contributed by atoms with E-state index in [1.807, 2.05) is 0 Å². The van der Waals surface area contributed by atoms with E-state index in [9.17, 15) is 26.7 Å². The van der Waals surface area contributed by atoms with Crippen molar-refractivity contribution in [1.82, 2.24) is 4.98 Å². The van der Waals surface area contributed by atoms with Gasteiger partial charge in [-0.3, -0.25) is 4.79 Å². The lowest BCUT2D eigenvalue weighted by atomic mass is 10.2. The van der Waals surface area contributed by atoms with Crippen molar-refractivity contribution in [3.8, 4) is 0 Å². The maximum Gasteiger partial charge on any atom is 0.461 e. The molecular formula is C10H5BrF5NO. The van der Waals surface area contributed by atoms with Gasteiger partial charge in [0.25, 0.3) is 0 Å². The van der Waals surface area contributed by atoms with Gasteiger partial charge in [0.2, 0.25) is 5.78 Å². The van der Waals surface area contributed by atoms with E-state index in [1.165, 1.54) is 18.2 Å². The van der Waals surface area contributed by atoms with E-state index in [1.54, 1.807) is 0 Å². The van der Waals surface area contributed by atoms with Crippen molar-refractivity contribution in [3.63, 3.8) is 0 Å². The third kappa shape index (κ3) is 3.34. The number of halogens is 6. The third-order valence-corrected chi connectivity index (χ3v) is 2.25. The first-order valence-electron chi connectivity index (χ1n) is 4.44. The summed E-state index contributed by atoms with van der Waals surface area (Å²) < 4.78 is 61.0. The van der Waals surface area contributed by atoms with Crippen LogP contribution in [0.3, 0.4) is 0 Å². The highest BCUT2D eigenvalue weighted by Crippen LogP contribution is 2.36. The van der Waals surface area contributed by atoms with Crippen LogP contribution in [-0.2, 0) is 4.79 Å². The molecule has 1 aromatic heterocycles. The average Bonchev–Trinajstić information content (AvgIpc) is 2.24. The molecule has 1 aromatic rings. The van der Waals surface area contributed by atoms with Gasteiger partial charge >= 0.3 is 12.1 Å². The van der Waals surface area contributed by atoms with Crippen molar-refractivity contribution >= 4 is 27.8 Å². The number of alkyl halides is 5. The van der Waals surface area contributed by atoms with E-state index in [-0.39, 0.29) is 11.8 Å². The van der Waals surface area contributed by atoms with Crippen LogP contribution in [0.25, 0.3) is 6.08 Å². The van der Waals surface area contributed by atoms with Crippen LogP contribution in [0.1, 0.15) is 5.69 Å². The Balaban J connectivity index is 2.89.